The summed E-state index contributed by atoms with van der Waals surface area (Å²) in [4.78, 5) is 16.8. The van der Waals surface area contributed by atoms with Gasteiger partial charge in [-0.15, -0.1) is 10.2 Å². The van der Waals surface area contributed by atoms with Gasteiger partial charge in [0.05, 0.1) is 11.2 Å². The number of fused-ring (bicyclic) bond motifs is 1. The number of pyridine rings is 1. The molecule has 0 aliphatic heterocycles. The van der Waals surface area contributed by atoms with Crippen LogP contribution >= 0.6 is 0 Å². The molecule has 2 N–H and O–H groups in total. The highest BCUT2D eigenvalue weighted by Gasteiger charge is 2.11. The quantitative estimate of drug-likeness (QED) is 0.580. The van der Waals surface area contributed by atoms with Crippen LogP contribution in [0.3, 0.4) is 0 Å². The molecule has 2 heterocycles. The van der Waals surface area contributed by atoms with Gasteiger partial charge in [-0.3, -0.25) is 9.78 Å². The lowest BCUT2D eigenvalue weighted by Crippen LogP contribution is -2.13. The number of aromatic nitrogens is 5. The molecule has 0 saturated carbocycles. The monoisotopic (exact) mass is 344 g/mol. The number of aryl methyl sites for hydroxylation is 1. The second kappa shape index (κ2) is 7.10. The molecule has 128 valence electrons. The van der Waals surface area contributed by atoms with Crippen molar-refractivity contribution >= 4 is 22.5 Å². The highest BCUT2D eigenvalue weighted by molar-refractivity contribution is 5.94. The zero-order valence-corrected chi connectivity index (χ0v) is 13.9. The minimum Gasteiger partial charge on any atom is -0.325 e. The minimum absolute atomic E-state index is 0.0749. The lowest BCUT2D eigenvalue weighted by Gasteiger charge is -2.09. The number of tetrazole rings is 1. The highest BCUT2D eigenvalue weighted by Crippen LogP contribution is 2.24. The van der Waals surface area contributed by atoms with Crippen LogP contribution in [-0.4, -0.2) is 31.5 Å². The first-order valence-electron chi connectivity index (χ1n) is 8.26. The maximum atomic E-state index is 12.4. The average Bonchev–Trinajstić information content (AvgIpc) is 3.21. The predicted molar refractivity (Wildman–Crippen MR) is 98.3 cm³/mol. The average molecular weight is 344 g/mol. The van der Waals surface area contributed by atoms with Gasteiger partial charge in [-0.05, 0) is 41.5 Å². The molecular weight excluding hydrogens is 328 g/mol. The summed E-state index contributed by atoms with van der Waals surface area (Å²) in [5.74, 6) is 0.369. The van der Waals surface area contributed by atoms with Gasteiger partial charge < -0.3 is 5.32 Å². The van der Waals surface area contributed by atoms with Gasteiger partial charge in [-0.1, -0.05) is 30.3 Å². The number of hydrogen-bond donors (Lipinski definition) is 2. The van der Waals surface area contributed by atoms with Gasteiger partial charge in [-0.25, -0.2) is 0 Å². The van der Waals surface area contributed by atoms with Crippen molar-refractivity contribution < 1.29 is 4.79 Å². The van der Waals surface area contributed by atoms with Gasteiger partial charge in [0.15, 0.2) is 0 Å². The topological polar surface area (TPSA) is 96.5 Å². The van der Waals surface area contributed by atoms with E-state index >= 15 is 0 Å². The molecule has 0 fully saturated rings. The number of carbonyl (C=O) groups is 1. The SMILES string of the molecule is O=C(CCc1cnc2ccccc2c1)Nc1ccccc1-c1nn[nH]n1. The molecule has 4 rings (SSSR count). The lowest BCUT2D eigenvalue weighted by atomic mass is 10.1. The van der Waals surface area contributed by atoms with Crippen LogP contribution < -0.4 is 5.32 Å². The van der Waals surface area contributed by atoms with Crippen LogP contribution in [0.15, 0.2) is 60.8 Å². The fourth-order valence-electron chi connectivity index (χ4n) is 2.79. The molecule has 1 amide bonds. The van der Waals surface area contributed by atoms with Crippen molar-refractivity contribution in [1.29, 1.82) is 0 Å². The molecule has 0 radical (unpaired) electrons. The van der Waals surface area contributed by atoms with Crippen LogP contribution in [-0.2, 0) is 11.2 Å². The van der Waals surface area contributed by atoms with Gasteiger partial charge in [0.1, 0.15) is 0 Å². The van der Waals surface area contributed by atoms with Crippen LogP contribution in [0.5, 0.6) is 0 Å². The van der Waals surface area contributed by atoms with Crippen LogP contribution in [0.4, 0.5) is 5.69 Å². The molecule has 0 bridgehead atoms. The third-order valence-electron chi connectivity index (χ3n) is 4.08. The summed E-state index contributed by atoms with van der Waals surface area (Å²) >= 11 is 0. The van der Waals surface area contributed by atoms with Crippen molar-refractivity contribution in [2.75, 3.05) is 5.32 Å². The first-order valence-corrected chi connectivity index (χ1v) is 8.26. The van der Waals surface area contributed by atoms with E-state index in [-0.39, 0.29) is 5.91 Å². The van der Waals surface area contributed by atoms with Crippen molar-refractivity contribution in [2.45, 2.75) is 12.8 Å². The number of para-hydroxylation sites is 2. The Morgan fingerprint density at radius 1 is 1.08 bits per heavy atom. The molecule has 0 aliphatic carbocycles. The van der Waals surface area contributed by atoms with Crippen molar-refractivity contribution in [3.05, 3.63) is 66.4 Å². The number of H-pyrrole nitrogens is 1. The molecule has 0 saturated heterocycles. The zero-order chi connectivity index (χ0) is 17.8. The second-order valence-corrected chi connectivity index (χ2v) is 5.87. The Bertz CT molecular complexity index is 1040. The number of rotatable bonds is 5. The van der Waals surface area contributed by atoms with Crippen LogP contribution in [0, 0.1) is 0 Å². The fourth-order valence-corrected chi connectivity index (χ4v) is 2.79. The number of anilines is 1. The summed E-state index contributed by atoms with van der Waals surface area (Å²) in [7, 11) is 0. The summed E-state index contributed by atoms with van der Waals surface area (Å²) < 4.78 is 0. The Kier molecular flexibility index (Phi) is 4.34. The van der Waals surface area contributed by atoms with E-state index < -0.39 is 0 Å². The van der Waals surface area contributed by atoms with Gasteiger partial charge in [0.2, 0.25) is 11.7 Å². The van der Waals surface area contributed by atoms with E-state index in [1.165, 1.54) is 0 Å². The summed E-state index contributed by atoms with van der Waals surface area (Å²) in [6.07, 6.45) is 2.80. The van der Waals surface area contributed by atoms with E-state index in [9.17, 15) is 4.79 Å². The third kappa shape index (κ3) is 3.41. The summed E-state index contributed by atoms with van der Waals surface area (Å²) in [6, 6.07) is 17.4. The van der Waals surface area contributed by atoms with Crippen LogP contribution in [0.2, 0.25) is 0 Å². The Hall–Kier alpha value is -3.61. The van der Waals surface area contributed by atoms with E-state index in [0.717, 1.165) is 22.0 Å². The van der Waals surface area contributed by atoms with Gasteiger partial charge in [-0.2, -0.15) is 5.21 Å². The standard InChI is InChI=1S/C19H16N6O/c26-18(10-9-13-11-14-5-1-3-7-16(14)20-12-13)21-17-8-4-2-6-15(17)19-22-24-25-23-19/h1-8,11-12H,9-10H2,(H,21,26)(H,22,23,24,25). The fraction of sp³-hybridized carbons (Fsp3) is 0.105. The third-order valence-corrected chi connectivity index (χ3v) is 4.08. The molecule has 0 spiro atoms. The Morgan fingerprint density at radius 3 is 2.81 bits per heavy atom. The van der Waals surface area contributed by atoms with E-state index in [1.54, 1.807) is 0 Å². The maximum Gasteiger partial charge on any atom is 0.224 e. The Labute approximate surface area is 149 Å². The van der Waals surface area contributed by atoms with Crippen LogP contribution in [0.25, 0.3) is 22.3 Å². The maximum absolute atomic E-state index is 12.4. The van der Waals surface area contributed by atoms with E-state index in [1.807, 2.05) is 54.7 Å². The van der Waals surface area contributed by atoms with Crippen molar-refractivity contribution in [1.82, 2.24) is 25.6 Å². The lowest BCUT2D eigenvalue weighted by molar-refractivity contribution is -0.116. The zero-order valence-electron chi connectivity index (χ0n) is 13.9. The number of carbonyl (C=O) groups excluding carboxylic acids is 1. The molecular formula is C19H16N6O. The molecule has 7 heteroatoms. The Balaban J connectivity index is 1.44. The molecule has 0 atom stereocenters. The molecule has 0 aliphatic rings. The molecule has 7 nitrogen and oxygen atoms in total. The summed E-state index contributed by atoms with van der Waals surface area (Å²) in [6.45, 7) is 0. The molecule has 0 unspecified atom stereocenters. The number of nitrogens with zero attached hydrogens (tertiary/aromatic N) is 4. The van der Waals surface area contributed by atoms with Crippen LogP contribution in [0.1, 0.15) is 12.0 Å². The first-order chi connectivity index (χ1) is 12.8. The highest BCUT2D eigenvalue weighted by atomic mass is 16.1. The number of amides is 1. The molecule has 26 heavy (non-hydrogen) atoms. The first kappa shape index (κ1) is 15.9. The normalized spacial score (nSPS) is 10.8. The van der Waals surface area contributed by atoms with E-state index in [2.05, 4.69) is 37.0 Å². The van der Waals surface area contributed by atoms with Crippen molar-refractivity contribution in [3.8, 4) is 11.4 Å². The summed E-state index contributed by atoms with van der Waals surface area (Å²) in [5.41, 5.74) is 3.37. The van der Waals surface area contributed by atoms with E-state index in [4.69, 9.17) is 0 Å². The molecule has 4 aromatic rings. The van der Waals surface area contributed by atoms with Gasteiger partial charge in [0.25, 0.3) is 0 Å². The minimum atomic E-state index is -0.0749. The van der Waals surface area contributed by atoms with Crippen molar-refractivity contribution in [3.63, 3.8) is 0 Å². The van der Waals surface area contributed by atoms with Gasteiger partial charge >= 0.3 is 0 Å². The Morgan fingerprint density at radius 2 is 1.92 bits per heavy atom. The van der Waals surface area contributed by atoms with Crippen molar-refractivity contribution in [2.24, 2.45) is 0 Å². The summed E-state index contributed by atoms with van der Waals surface area (Å²) in [5, 5.41) is 17.9. The predicted octanol–water partition coefficient (Wildman–Crippen LogP) is 2.99. The molecule has 2 aromatic heterocycles. The number of hydrogen-bond acceptors (Lipinski definition) is 5. The number of benzene rings is 2. The smallest absolute Gasteiger partial charge is 0.224 e. The number of nitrogens with one attached hydrogen (secondary N) is 2. The molecule has 2 aromatic carbocycles. The number of aromatic amines is 1. The largest absolute Gasteiger partial charge is 0.325 e. The second-order valence-electron chi connectivity index (χ2n) is 5.87. The van der Waals surface area contributed by atoms with E-state index in [0.29, 0.717) is 24.4 Å². The van der Waals surface area contributed by atoms with Gasteiger partial charge in [0, 0.05) is 23.6 Å².